The maximum atomic E-state index is 12.3. The predicted octanol–water partition coefficient (Wildman–Crippen LogP) is 21.1. The highest BCUT2D eigenvalue weighted by molar-refractivity contribution is 5.70. The van der Waals surface area contributed by atoms with Crippen LogP contribution in [0, 0.1) is 0 Å². The summed E-state index contributed by atoms with van der Waals surface area (Å²) in [5.74, 6) is -0.631. The molecule has 1 atom stereocenters. The molecule has 424 valence electrons. The highest BCUT2D eigenvalue weighted by Crippen LogP contribution is 2.14. The third-order valence-electron chi connectivity index (χ3n) is 12.2. The van der Waals surface area contributed by atoms with Gasteiger partial charge in [0.25, 0.3) is 0 Å². The molecular formula is C71H110O5. The van der Waals surface area contributed by atoms with Gasteiger partial charge in [-0.05, 0) is 135 Å². The Morgan fingerprint density at radius 2 is 0.526 bits per heavy atom. The smallest absolute Gasteiger partial charge is 0.306 e. The molecule has 1 N–H and O–H groups in total. The molecule has 0 heterocycles. The molecule has 0 radical (unpaired) electrons. The van der Waals surface area contributed by atoms with Gasteiger partial charge in [0.1, 0.15) is 6.61 Å². The lowest BCUT2D eigenvalue weighted by Crippen LogP contribution is -2.28. The third-order valence-corrected chi connectivity index (χ3v) is 12.2. The fourth-order valence-corrected chi connectivity index (χ4v) is 7.73. The maximum Gasteiger partial charge on any atom is 0.306 e. The number of aliphatic hydroxyl groups is 1. The molecular weight excluding hydrogens is 933 g/mol. The maximum absolute atomic E-state index is 12.3. The fourth-order valence-electron chi connectivity index (χ4n) is 7.73. The van der Waals surface area contributed by atoms with Gasteiger partial charge in [-0.2, -0.15) is 0 Å². The molecule has 0 fully saturated rings. The van der Waals surface area contributed by atoms with Crippen LogP contribution >= 0.6 is 0 Å². The number of carbonyl (C=O) groups excluding carboxylic acids is 2. The first-order valence-electron chi connectivity index (χ1n) is 30.3. The zero-order chi connectivity index (χ0) is 54.8. The van der Waals surface area contributed by atoms with Crippen LogP contribution in [0.2, 0.25) is 0 Å². The summed E-state index contributed by atoms with van der Waals surface area (Å²) in [6.45, 7) is 3.88. The average molecular weight is 1040 g/mol. The number of hydrogen-bond donors (Lipinski definition) is 1. The molecule has 0 aromatic rings. The van der Waals surface area contributed by atoms with Crippen LogP contribution < -0.4 is 0 Å². The first kappa shape index (κ1) is 71.0. The minimum absolute atomic E-state index is 0.0902. The van der Waals surface area contributed by atoms with E-state index in [0.29, 0.717) is 12.8 Å². The Kier molecular flexibility index (Phi) is 60.1. The highest BCUT2D eigenvalue weighted by Gasteiger charge is 2.16. The number of hydrogen-bond acceptors (Lipinski definition) is 5. The fraction of sp³-hybridized carbons (Fsp3) is 0.549. The molecule has 0 amide bonds. The molecule has 5 nitrogen and oxygen atoms in total. The van der Waals surface area contributed by atoms with Gasteiger partial charge in [0.2, 0.25) is 0 Å². The molecule has 0 aromatic heterocycles. The van der Waals surface area contributed by atoms with Crippen molar-refractivity contribution >= 4 is 11.9 Å². The van der Waals surface area contributed by atoms with Crippen LogP contribution in [0.3, 0.4) is 0 Å². The zero-order valence-electron chi connectivity index (χ0n) is 48.4. The van der Waals surface area contributed by atoms with Crippen LogP contribution in [0.1, 0.15) is 232 Å². The Labute approximate surface area is 467 Å². The van der Waals surface area contributed by atoms with E-state index in [1.165, 1.54) is 51.4 Å². The lowest BCUT2D eigenvalue weighted by atomic mass is 10.0. The van der Waals surface area contributed by atoms with Crippen molar-refractivity contribution in [2.24, 2.45) is 0 Å². The summed E-state index contributed by atoms with van der Waals surface area (Å²) in [5, 5.41) is 9.67. The predicted molar refractivity (Wildman–Crippen MR) is 333 cm³/mol. The molecule has 0 rings (SSSR count). The Morgan fingerprint density at radius 3 is 0.789 bits per heavy atom. The number of esters is 2. The molecule has 0 spiro atoms. The van der Waals surface area contributed by atoms with Gasteiger partial charge >= 0.3 is 11.9 Å². The third kappa shape index (κ3) is 61.5. The zero-order valence-corrected chi connectivity index (χ0v) is 48.4. The van der Waals surface area contributed by atoms with Gasteiger partial charge in [0.05, 0.1) is 6.61 Å². The van der Waals surface area contributed by atoms with Gasteiger partial charge in [-0.25, -0.2) is 0 Å². The Bertz CT molecular complexity index is 1750. The van der Waals surface area contributed by atoms with Gasteiger partial charge in [0.15, 0.2) is 6.10 Å². The summed E-state index contributed by atoms with van der Waals surface area (Å²) in [5.41, 5.74) is 0. The lowest BCUT2D eigenvalue weighted by Gasteiger charge is -2.15. The summed E-state index contributed by atoms with van der Waals surface area (Å²) in [7, 11) is 0. The highest BCUT2D eigenvalue weighted by atomic mass is 16.6. The van der Waals surface area contributed by atoms with E-state index in [1.807, 2.05) is 0 Å². The number of ether oxygens (including phenoxy) is 2. The SMILES string of the molecule is CC/C=C\C/C=C\C/C=C\C/C=C\C/C=C\C/C=C\C/C=C\C/C=C\CCCCCCCCCCCCC(=O)OC(CO)COC(=O)CCCCCCC/C=C\C/C=C\C/C=C\C/C=C\C/C=C\C/C=C\C/C=C\CC. The van der Waals surface area contributed by atoms with E-state index >= 15 is 0 Å². The molecule has 0 aromatic carbocycles. The van der Waals surface area contributed by atoms with Crippen molar-refractivity contribution in [2.45, 2.75) is 238 Å². The van der Waals surface area contributed by atoms with Crippen LogP contribution in [0.25, 0.3) is 0 Å². The van der Waals surface area contributed by atoms with E-state index in [4.69, 9.17) is 9.47 Å². The minimum atomic E-state index is -0.799. The van der Waals surface area contributed by atoms with E-state index in [2.05, 4.69) is 196 Å². The average Bonchev–Trinajstić information content (AvgIpc) is 3.42. The van der Waals surface area contributed by atoms with Gasteiger partial charge in [-0.15, -0.1) is 0 Å². The number of carbonyl (C=O) groups is 2. The summed E-state index contributed by atoms with van der Waals surface area (Å²) >= 11 is 0. The minimum Gasteiger partial charge on any atom is -0.462 e. The van der Waals surface area contributed by atoms with Crippen molar-refractivity contribution in [3.05, 3.63) is 182 Å². The van der Waals surface area contributed by atoms with Crippen molar-refractivity contribution in [3.8, 4) is 0 Å². The second-order valence-electron chi connectivity index (χ2n) is 19.3. The van der Waals surface area contributed by atoms with Crippen LogP contribution in [0.5, 0.6) is 0 Å². The molecule has 0 aliphatic heterocycles. The molecule has 5 heteroatoms. The Hall–Kier alpha value is -5.00. The Morgan fingerprint density at radius 1 is 0.303 bits per heavy atom. The van der Waals surface area contributed by atoms with Crippen molar-refractivity contribution < 1.29 is 24.2 Å². The lowest BCUT2D eigenvalue weighted by molar-refractivity contribution is -0.161. The van der Waals surface area contributed by atoms with Crippen molar-refractivity contribution in [1.82, 2.24) is 0 Å². The Balaban J connectivity index is 3.63. The van der Waals surface area contributed by atoms with E-state index in [-0.39, 0.29) is 25.2 Å². The van der Waals surface area contributed by atoms with Gasteiger partial charge in [0, 0.05) is 12.8 Å². The van der Waals surface area contributed by atoms with E-state index < -0.39 is 6.10 Å². The molecule has 0 aliphatic carbocycles. The van der Waals surface area contributed by atoms with Crippen molar-refractivity contribution in [2.75, 3.05) is 13.2 Å². The van der Waals surface area contributed by atoms with Crippen LogP contribution in [-0.4, -0.2) is 36.4 Å². The van der Waals surface area contributed by atoms with Crippen LogP contribution in [-0.2, 0) is 19.1 Å². The molecule has 0 bridgehead atoms. The first-order valence-corrected chi connectivity index (χ1v) is 30.3. The summed E-state index contributed by atoms with van der Waals surface area (Å²) in [6.07, 6.45) is 101. The number of unbranched alkanes of at least 4 members (excludes halogenated alkanes) is 15. The molecule has 1 unspecified atom stereocenters. The second kappa shape index (κ2) is 64.3. The molecule has 0 aliphatic rings. The summed E-state index contributed by atoms with van der Waals surface area (Å²) in [6, 6.07) is 0. The van der Waals surface area contributed by atoms with Gasteiger partial charge < -0.3 is 14.6 Å². The number of aliphatic hydroxyl groups excluding tert-OH is 1. The van der Waals surface area contributed by atoms with E-state index in [0.717, 1.165) is 154 Å². The monoisotopic (exact) mass is 1040 g/mol. The van der Waals surface area contributed by atoms with Crippen LogP contribution in [0.15, 0.2) is 182 Å². The van der Waals surface area contributed by atoms with Crippen molar-refractivity contribution in [3.63, 3.8) is 0 Å². The van der Waals surface area contributed by atoms with E-state index in [1.54, 1.807) is 0 Å². The van der Waals surface area contributed by atoms with Gasteiger partial charge in [-0.1, -0.05) is 267 Å². The number of allylic oxidation sites excluding steroid dienone is 30. The topological polar surface area (TPSA) is 72.8 Å². The molecule has 0 saturated heterocycles. The first-order chi connectivity index (χ1) is 37.6. The summed E-state index contributed by atoms with van der Waals surface area (Å²) in [4.78, 5) is 24.6. The normalized spacial score (nSPS) is 13.6. The number of rotatable bonds is 53. The molecule has 0 saturated carbocycles. The summed E-state index contributed by atoms with van der Waals surface area (Å²) < 4.78 is 10.7. The second-order valence-corrected chi connectivity index (χ2v) is 19.3. The standard InChI is InChI=1S/C71H110O5/c1-3-5-7-9-11-13-15-17-19-21-23-25-27-29-31-32-33-34-35-36-37-38-40-42-44-46-48-50-52-54-56-58-60-62-64-66-71(74)76-69(67-72)68-75-70(73)65-63-61-59-57-55-53-51-49-47-45-43-41-39-30-28-26-24-22-20-18-16-14-12-10-8-6-4-2/h5-8,11-14,17-20,23-26,29-31,33-34,36-37,39-40,42-43,45,49,51,69,72H,3-4,9-10,15-16,21-22,27-28,32,35,38,41,44,46-48,50,52-68H2,1-2H3/b7-5-,8-6-,13-11-,14-12-,19-17-,20-18-,25-23-,26-24-,31-29-,34-33-,37-36-,39-30-,42-40-,45-43-,51-49-. The largest absolute Gasteiger partial charge is 0.462 e. The van der Waals surface area contributed by atoms with E-state index in [9.17, 15) is 14.7 Å². The van der Waals surface area contributed by atoms with Gasteiger partial charge in [-0.3, -0.25) is 9.59 Å². The molecule has 76 heavy (non-hydrogen) atoms. The van der Waals surface area contributed by atoms with Crippen molar-refractivity contribution in [1.29, 1.82) is 0 Å². The quantitative estimate of drug-likeness (QED) is 0.0373. The van der Waals surface area contributed by atoms with Crippen LogP contribution in [0.4, 0.5) is 0 Å².